The van der Waals surface area contributed by atoms with Crippen molar-refractivity contribution in [2.24, 2.45) is 0 Å². The highest BCUT2D eigenvalue weighted by Crippen LogP contribution is 2.07. The van der Waals surface area contributed by atoms with Gasteiger partial charge in [-0.3, -0.25) is 10.1 Å². The second-order valence-electron chi connectivity index (χ2n) is 4.78. The Balaban J connectivity index is 2.12. The lowest BCUT2D eigenvalue weighted by Gasteiger charge is -2.16. The van der Waals surface area contributed by atoms with E-state index in [1.165, 1.54) is 0 Å². The Hall–Kier alpha value is -2.46. The van der Waals surface area contributed by atoms with Crippen LogP contribution in [0.4, 0.5) is 0 Å². The average molecular weight is 297 g/mol. The number of hydrogen-bond acceptors (Lipinski definition) is 4. The van der Waals surface area contributed by atoms with Crippen LogP contribution in [0.2, 0.25) is 0 Å². The van der Waals surface area contributed by atoms with Gasteiger partial charge in [-0.1, -0.05) is 60.7 Å². The van der Waals surface area contributed by atoms with Crippen molar-refractivity contribution in [2.75, 3.05) is 6.61 Å². The summed E-state index contributed by atoms with van der Waals surface area (Å²) in [6.45, 7) is 2.38. The van der Waals surface area contributed by atoms with E-state index in [1.54, 1.807) is 31.2 Å². The lowest BCUT2D eigenvalue weighted by Crippen LogP contribution is -2.44. The summed E-state index contributed by atoms with van der Waals surface area (Å²) in [5, 5.41) is 2.99. The molecule has 0 spiro atoms. The molecular weight excluding hydrogens is 278 g/mol. The molecule has 0 amide bonds. The minimum Gasteiger partial charge on any atom is -0.464 e. The zero-order valence-corrected chi connectivity index (χ0v) is 12.5. The molecule has 0 aliphatic heterocycles. The zero-order chi connectivity index (χ0) is 15.8. The molecule has 0 aromatic heterocycles. The zero-order valence-electron chi connectivity index (χ0n) is 12.5. The smallest absolute Gasteiger partial charge is 0.331 e. The number of ketones is 1. The molecule has 0 saturated heterocycles. The van der Waals surface area contributed by atoms with Gasteiger partial charge in [0.05, 0.1) is 6.61 Å². The summed E-state index contributed by atoms with van der Waals surface area (Å²) in [7, 11) is 0. The third-order valence-corrected chi connectivity index (χ3v) is 3.20. The molecule has 0 saturated carbocycles. The highest BCUT2D eigenvalue weighted by molar-refractivity contribution is 6.12. The molecule has 0 radical (unpaired) electrons. The van der Waals surface area contributed by atoms with E-state index in [9.17, 15) is 9.59 Å². The topological polar surface area (TPSA) is 55.4 Å². The molecule has 0 bridgehead atoms. The lowest BCUT2D eigenvalue weighted by atomic mass is 10.0. The molecule has 0 aliphatic rings. The number of esters is 1. The number of benzene rings is 2. The van der Waals surface area contributed by atoms with Gasteiger partial charge in [0.2, 0.25) is 0 Å². The fourth-order valence-corrected chi connectivity index (χ4v) is 2.09. The predicted molar refractivity (Wildman–Crippen MR) is 84.5 cm³/mol. The monoisotopic (exact) mass is 297 g/mol. The second kappa shape index (κ2) is 8.10. The van der Waals surface area contributed by atoms with Crippen LogP contribution < -0.4 is 5.32 Å². The summed E-state index contributed by atoms with van der Waals surface area (Å²) in [5.41, 5.74) is 1.48. The van der Waals surface area contributed by atoms with Crippen LogP contribution in [0.25, 0.3) is 0 Å². The van der Waals surface area contributed by atoms with E-state index >= 15 is 0 Å². The molecule has 0 aliphatic carbocycles. The third kappa shape index (κ3) is 4.27. The molecule has 2 rings (SSSR count). The number of rotatable bonds is 7. The van der Waals surface area contributed by atoms with Gasteiger partial charge < -0.3 is 4.74 Å². The van der Waals surface area contributed by atoms with Crippen LogP contribution in [0, 0.1) is 0 Å². The first-order chi connectivity index (χ1) is 10.7. The van der Waals surface area contributed by atoms with Crippen LogP contribution in [0.3, 0.4) is 0 Å². The highest BCUT2D eigenvalue weighted by Gasteiger charge is 2.28. The molecule has 1 atom stereocenters. The first kappa shape index (κ1) is 15.9. The first-order valence-corrected chi connectivity index (χ1v) is 7.25. The van der Waals surface area contributed by atoms with Crippen LogP contribution in [0.5, 0.6) is 0 Å². The van der Waals surface area contributed by atoms with Crippen LogP contribution in [0.15, 0.2) is 60.7 Å². The fraction of sp³-hybridized carbons (Fsp3) is 0.222. The van der Waals surface area contributed by atoms with Gasteiger partial charge >= 0.3 is 5.97 Å². The van der Waals surface area contributed by atoms with E-state index in [2.05, 4.69) is 5.32 Å². The molecule has 0 fully saturated rings. The van der Waals surface area contributed by atoms with Crippen molar-refractivity contribution < 1.29 is 14.3 Å². The van der Waals surface area contributed by atoms with Crippen molar-refractivity contribution in [3.05, 3.63) is 71.8 Å². The van der Waals surface area contributed by atoms with Gasteiger partial charge in [-0.2, -0.15) is 0 Å². The lowest BCUT2D eigenvalue weighted by molar-refractivity contribution is -0.144. The number of hydrogen-bond donors (Lipinski definition) is 1. The number of carbonyl (C=O) groups is 2. The Morgan fingerprint density at radius 2 is 1.59 bits per heavy atom. The van der Waals surface area contributed by atoms with Crippen molar-refractivity contribution in [1.29, 1.82) is 0 Å². The average Bonchev–Trinajstić information content (AvgIpc) is 2.57. The third-order valence-electron chi connectivity index (χ3n) is 3.20. The molecule has 1 unspecified atom stereocenters. The van der Waals surface area contributed by atoms with Crippen molar-refractivity contribution in [2.45, 2.75) is 19.5 Å². The second-order valence-corrected chi connectivity index (χ2v) is 4.78. The summed E-state index contributed by atoms with van der Waals surface area (Å²) < 4.78 is 5.01. The Kier molecular flexibility index (Phi) is 5.86. The normalized spacial score (nSPS) is 11.7. The van der Waals surface area contributed by atoms with Crippen molar-refractivity contribution in [1.82, 2.24) is 5.32 Å². The van der Waals surface area contributed by atoms with E-state index in [0.717, 1.165) is 5.56 Å². The highest BCUT2D eigenvalue weighted by atomic mass is 16.5. The van der Waals surface area contributed by atoms with Gasteiger partial charge in [-0.15, -0.1) is 0 Å². The van der Waals surface area contributed by atoms with Crippen molar-refractivity contribution in [3.8, 4) is 0 Å². The van der Waals surface area contributed by atoms with Gasteiger partial charge in [0.25, 0.3) is 0 Å². The van der Waals surface area contributed by atoms with Crippen LogP contribution >= 0.6 is 0 Å². The van der Waals surface area contributed by atoms with Gasteiger partial charge in [0.1, 0.15) is 0 Å². The molecular formula is C18H19NO3. The van der Waals surface area contributed by atoms with E-state index in [0.29, 0.717) is 12.1 Å². The molecule has 1 N–H and O–H groups in total. The summed E-state index contributed by atoms with van der Waals surface area (Å²) in [5.74, 6) is -0.831. The summed E-state index contributed by atoms with van der Waals surface area (Å²) in [4.78, 5) is 24.6. The number of carbonyl (C=O) groups excluding carboxylic acids is 2. The van der Waals surface area contributed by atoms with E-state index in [1.807, 2.05) is 36.4 Å². The Morgan fingerprint density at radius 1 is 1.00 bits per heavy atom. The Labute approximate surface area is 130 Å². The predicted octanol–water partition coefficient (Wildman–Crippen LogP) is 2.59. The van der Waals surface area contributed by atoms with Crippen LogP contribution in [-0.2, 0) is 16.1 Å². The maximum atomic E-state index is 12.5. The van der Waals surface area contributed by atoms with E-state index in [-0.39, 0.29) is 12.4 Å². The molecule has 2 aromatic carbocycles. The first-order valence-electron chi connectivity index (χ1n) is 7.25. The maximum absolute atomic E-state index is 12.5. The Morgan fingerprint density at radius 3 is 2.18 bits per heavy atom. The summed E-state index contributed by atoms with van der Waals surface area (Å²) >= 11 is 0. The Bertz CT molecular complexity index is 611. The SMILES string of the molecule is CCOC(=O)C(NCc1ccccc1)C(=O)c1ccccc1. The molecule has 4 nitrogen and oxygen atoms in total. The maximum Gasteiger partial charge on any atom is 0.331 e. The van der Waals surface area contributed by atoms with Gasteiger partial charge in [0.15, 0.2) is 11.8 Å². The standard InChI is InChI=1S/C18H19NO3/c1-2-22-18(21)16(17(20)15-11-7-4-8-12-15)19-13-14-9-5-3-6-10-14/h3-12,16,19H,2,13H2,1H3. The summed E-state index contributed by atoms with van der Waals surface area (Å²) in [6.07, 6.45) is 0. The van der Waals surface area contributed by atoms with Gasteiger partial charge in [-0.25, -0.2) is 4.79 Å². The van der Waals surface area contributed by atoms with E-state index in [4.69, 9.17) is 4.74 Å². The minimum absolute atomic E-state index is 0.240. The van der Waals surface area contributed by atoms with Gasteiger partial charge in [0, 0.05) is 12.1 Å². The van der Waals surface area contributed by atoms with Crippen LogP contribution in [0.1, 0.15) is 22.8 Å². The molecule has 114 valence electrons. The quantitative estimate of drug-likeness (QED) is 0.485. The molecule has 2 aromatic rings. The number of nitrogens with one attached hydrogen (secondary N) is 1. The molecule has 0 heterocycles. The largest absolute Gasteiger partial charge is 0.464 e. The van der Waals surface area contributed by atoms with Crippen molar-refractivity contribution in [3.63, 3.8) is 0 Å². The molecule has 4 heteroatoms. The molecule has 22 heavy (non-hydrogen) atoms. The minimum atomic E-state index is -0.998. The summed E-state index contributed by atoms with van der Waals surface area (Å²) in [6, 6.07) is 17.4. The fourth-order valence-electron chi connectivity index (χ4n) is 2.09. The van der Waals surface area contributed by atoms with Gasteiger partial charge in [-0.05, 0) is 12.5 Å². The van der Waals surface area contributed by atoms with Crippen molar-refractivity contribution >= 4 is 11.8 Å². The number of ether oxygens (including phenoxy) is 1. The number of Topliss-reactive ketones (excluding diaryl/α,β-unsaturated/α-hetero) is 1. The van der Waals surface area contributed by atoms with Crippen LogP contribution in [-0.4, -0.2) is 24.4 Å². The van der Waals surface area contributed by atoms with E-state index < -0.39 is 12.0 Å².